The molecule has 0 spiro atoms. The van der Waals surface area contributed by atoms with Crippen molar-refractivity contribution in [1.29, 1.82) is 0 Å². The van der Waals surface area contributed by atoms with Gasteiger partial charge in [-0.3, -0.25) is 4.79 Å². The van der Waals surface area contributed by atoms with E-state index >= 15 is 0 Å². The van der Waals surface area contributed by atoms with Gasteiger partial charge in [0.05, 0.1) is 12.0 Å². The second-order valence-electron chi connectivity index (χ2n) is 3.26. The van der Waals surface area contributed by atoms with E-state index in [4.69, 9.17) is 17.3 Å². The number of primary amides is 1. The SMILES string of the molecule is NC(=O)c1ccc(F)cc1C(O)C(O)CCl. The summed E-state index contributed by atoms with van der Waals surface area (Å²) in [7, 11) is 0. The summed E-state index contributed by atoms with van der Waals surface area (Å²) in [5.74, 6) is -1.69. The molecule has 0 aromatic heterocycles. The van der Waals surface area contributed by atoms with Gasteiger partial charge < -0.3 is 15.9 Å². The Hall–Kier alpha value is -1.17. The van der Waals surface area contributed by atoms with Gasteiger partial charge in [-0.2, -0.15) is 0 Å². The van der Waals surface area contributed by atoms with Crippen LogP contribution in [0.15, 0.2) is 18.2 Å². The third-order valence-electron chi connectivity index (χ3n) is 2.12. The number of carbonyl (C=O) groups is 1. The number of halogens is 2. The highest BCUT2D eigenvalue weighted by molar-refractivity contribution is 6.18. The quantitative estimate of drug-likeness (QED) is 0.680. The Balaban J connectivity index is 3.19. The summed E-state index contributed by atoms with van der Waals surface area (Å²) < 4.78 is 13.0. The molecule has 0 aliphatic carbocycles. The smallest absolute Gasteiger partial charge is 0.249 e. The van der Waals surface area contributed by atoms with Crippen LogP contribution in [0.25, 0.3) is 0 Å². The predicted molar refractivity (Wildman–Crippen MR) is 56.6 cm³/mol. The number of alkyl halides is 1. The summed E-state index contributed by atoms with van der Waals surface area (Å²) in [6, 6.07) is 3.14. The first-order valence-electron chi connectivity index (χ1n) is 4.48. The number of carbonyl (C=O) groups excluding carboxylic acids is 1. The van der Waals surface area contributed by atoms with Crippen LogP contribution in [-0.2, 0) is 0 Å². The van der Waals surface area contributed by atoms with E-state index in [2.05, 4.69) is 0 Å². The normalized spacial score (nSPS) is 14.5. The molecule has 1 aromatic rings. The zero-order chi connectivity index (χ0) is 12.3. The molecule has 0 saturated carbocycles. The van der Waals surface area contributed by atoms with Crippen molar-refractivity contribution in [2.24, 2.45) is 5.73 Å². The van der Waals surface area contributed by atoms with Crippen molar-refractivity contribution in [3.63, 3.8) is 0 Å². The summed E-state index contributed by atoms with van der Waals surface area (Å²) in [5.41, 5.74) is 4.94. The van der Waals surface area contributed by atoms with Gasteiger partial charge in [-0.1, -0.05) is 0 Å². The van der Waals surface area contributed by atoms with Crippen LogP contribution in [0.2, 0.25) is 0 Å². The van der Waals surface area contributed by atoms with Crippen LogP contribution in [0.5, 0.6) is 0 Å². The highest BCUT2D eigenvalue weighted by Gasteiger charge is 2.22. The topological polar surface area (TPSA) is 83.6 Å². The number of benzene rings is 1. The van der Waals surface area contributed by atoms with Gasteiger partial charge in [0.25, 0.3) is 0 Å². The summed E-state index contributed by atoms with van der Waals surface area (Å²) in [6.45, 7) is 0. The monoisotopic (exact) mass is 247 g/mol. The molecule has 0 radical (unpaired) electrons. The maximum absolute atomic E-state index is 13.0. The molecular formula is C10H11ClFNO3. The van der Waals surface area contributed by atoms with Crippen LogP contribution in [0.4, 0.5) is 4.39 Å². The first kappa shape index (κ1) is 12.9. The first-order valence-corrected chi connectivity index (χ1v) is 5.02. The molecule has 16 heavy (non-hydrogen) atoms. The third-order valence-corrected chi connectivity index (χ3v) is 2.44. The molecule has 1 aromatic carbocycles. The molecule has 2 atom stereocenters. The summed E-state index contributed by atoms with van der Waals surface area (Å²) >= 11 is 5.35. The molecule has 1 rings (SSSR count). The van der Waals surface area contributed by atoms with Gasteiger partial charge in [0.15, 0.2) is 0 Å². The van der Waals surface area contributed by atoms with Crippen molar-refractivity contribution in [2.75, 3.05) is 5.88 Å². The lowest BCUT2D eigenvalue weighted by atomic mass is 9.98. The molecule has 6 heteroatoms. The summed E-state index contributed by atoms with van der Waals surface area (Å²) in [6.07, 6.45) is -2.74. The van der Waals surface area contributed by atoms with Gasteiger partial charge in [-0.15, -0.1) is 11.6 Å². The fourth-order valence-electron chi connectivity index (χ4n) is 1.29. The van der Waals surface area contributed by atoms with E-state index in [0.717, 1.165) is 18.2 Å². The van der Waals surface area contributed by atoms with Gasteiger partial charge in [0, 0.05) is 5.56 Å². The van der Waals surface area contributed by atoms with Crippen molar-refractivity contribution >= 4 is 17.5 Å². The molecule has 4 nitrogen and oxygen atoms in total. The minimum Gasteiger partial charge on any atom is -0.389 e. The average molecular weight is 248 g/mol. The highest BCUT2D eigenvalue weighted by atomic mass is 35.5. The zero-order valence-corrected chi connectivity index (χ0v) is 8.99. The van der Waals surface area contributed by atoms with Crippen LogP contribution >= 0.6 is 11.6 Å². The van der Waals surface area contributed by atoms with E-state index in [1.165, 1.54) is 0 Å². The number of aliphatic hydroxyl groups excluding tert-OH is 2. The molecule has 0 bridgehead atoms. The van der Waals surface area contributed by atoms with Crippen LogP contribution in [0, 0.1) is 5.82 Å². The molecule has 2 unspecified atom stereocenters. The Morgan fingerprint density at radius 1 is 1.50 bits per heavy atom. The molecule has 88 valence electrons. The van der Waals surface area contributed by atoms with E-state index in [1.807, 2.05) is 0 Å². The lowest BCUT2D eigenvalue weighted by Gasteiger charge is -2.17. The van der Waals surface area contributed by atoms with Crippen molar-refractivity contribution < 1.29 is 19.4 Å². The molecule has 0 heterocycles. The Morgan fingerprint density at radius 3 is 2.62 bits per heavy atom. The largest absolute Gasteiger partial charge is 0.389 e. The van der Waals surface area contributed by atoms with Gasteiger partial charge in [-0.25, -0.2) is 4.39 Å². The van der Waals surface area contributed by atoms with Crippen LogP contribution in [0.1, 0.15) is 22.0 Å². The second-order valence-corrected chi connectivity index (χ2v) is 3.57. The molecule has 1 amide bonds. The number of nitrogens with two attached hydrogens (primary N) is 1. The molecule has 0 aliphatic heterocycles. The lowest BCUT2D eigenvalue weighted by molar-refractivity contribution is 0.0319. The zero-order valence-electron chi connectivity index (χ0n) is 8.23. The predicted octanol–water partition coefficient (Wildman–Crippen LogP) is 0.558. The minimum absolute atomic E-state index is 0.0435. The van der Waals surface area contributed by atoms with Crippen molar-refractivity contribution in [3.8, 4) is 0 Å². The number of amides is 1. The highest BCUT2D eigenvalue weighted by Crippen LogP contribution is 2.22. The second kappa shape index (κ2) is 5.25. The number of hydrogen-bond donors (Lipinski definition) is 3. The van der Waals surface area contributed by atoms with Crippen molar-refractivity contribution in [1.82, 2.24) is 0 Å². The maximum atomic E-state index is 13.0. The van der Waals surface area contributed by atoms with Gasteiger partial charge in [0.1, 0.15) is 11.9 Å². The number of rotatable bonds is 4. The van der Waals surface area contributed by atoms with Crippen LogP contribution in [-0.4, -0.2) is 28.1 Å². The fourth-order valence-corrected chi connectivity index (χ4v) is 1.46. The first-order chi connectivity index (χ1) is 7.47. The summed E-state index contributed by atoms with van der Waals surface area (Å²) in [4.78, 5) is 11.0. The molecule has 4 N–H and O–H groups in total. The van der Waals surface area contributed by atoms with Gasteiger partial charge in [0.2, 0.25) is 5.91 Å². The van der Waals surface area contributed by atoms with E-state index in [-0.39, 0.29) is 17.0 Å². The van der Waals surface area contributed by atoms with Crippen LogP contribution in [0.3, 0.4) is 0 Å². The lowest BCUT2D eigenvalue weighted by Crippen LogP contribution is -2.24. The van der Waals surface area contributed by atoms with Crippen molar-refractivity contribution in [2.45, 2.75) is 12.2 Å². The maximum Gasteiger partial charge on any atom is 0.249 e. The van der Waals surface area contributed by atoms with E-state index < -0.39 is 23.9 Å². The van der Waals surface area contributed by atoms with E-state index in [1.54, 1.807) is 0 Å². The number of aliphatic hydroxyl groups is 2. The Labute approximate surface area is 96.4 Å². The average Bonchev–Trinajstić information content (AvgIpc) is 2.26. The number of hydrogen-bond acceptors (Lipinski definition) is 3. The molecular weight excluding hydrogens is 237 g/mol. The van der Waals surface area contributed by atoms with E-state index in [9.17, 15) is 19.4 Å². The van der Waals surface area contributed by atoms with Crippen LogP contribution < -0.4 is 5.73 Å². The molecule has 0 aliphatic rings. The Kier molecular flexibility index (Phi) is 4.23. The standard InChI is InChI=1S/C10H11ClFNO3/c11-4-8(14)9(15)7-3-5(12)1-2-6(7)10(13)16/h1-3,8-9,14-15H,4H2,(H2,13,16). The summed E-state index contributed by atoms with van der Waals surface area (Å²) in [5, 5.41) is 19.0. The molecule has 0 saturated heterocycles. The van der Waals surface area contributed by atoms with Gasteiger partial charge >= 0.3 is 0 Å². The Bertz CT molecular complexity index is 400. The fraction of sp³-hybridized carbons (Fsp3) is 0.300. The molecule has 0 fully saturated rings. The van der Waals surface area contributed by atoms with Crippen molar-refractivity contribution in [3.05, 3.63) is 35.1 Å². The Morgan fingerprint density at radius 2 is 2.12 bits per heavy atom. The third kappa shape index (κ3) is 2.69. The minimum atomic E-state index is -1.45. The van der Waals surface area contributed by atoms with E-state index in [0.29, 0.717) is 0 Å². The van der Waals surface area contributed by atoms with Gasteiger partial charge in [-0.05, 0) is 23.8 Å².